The first kappa shape index (κ1) is 28.5. The molecule has 0 fully saturated rings. The molecule has 0 N–H and O–H groups in total. The van der Waals surface area contributed by atoms with Crippen LogP contribution in [0.25, 0.3) is 6.08 Å². The van der Waals surface area contributed by atoms with Gasteiger partial charge in [0.05, 0.1) is 16.0 Å². The van der Waals surface area contributed by atoms with Gasteiger partial charge < -0.3 is 0 Å². The van der Waals surface area contributed by atoms with Crippen LogP contribution in [-0.4, -0.2) is 20.8 Å². The van der Waals surface area contributed by atoms with Gasteiger partial charge in [-0.05, 0) is 23.8 Å². The van der Waals surface area contributed by atoms with Gasteiger partial charge in [-0.25, -0.2) is 4.18 Å². The lowest BCUT2D eigenvalue weighted by molar-refractivity contribution is -0.364. The highest BCUT2D eigenvalue weighted by atomic mass is 32.2. The molecule has 3 nitrogen and oxygen atoms in total. The van der Waals surface area contributed by atoms with Crippen LogP contribution in [0.3, 0.4) is 0 Å². The fraction of sp³-hybridized carbons (Fsp3) is 0.263. The van der Waals surface area contributed by atoms with Crippen molar-refractivity contribution in [3.63, 3.8) is 0 Å². The average molecular weight is 546 g/mol. The maximum absolute atomic E-state index is 13.8. The van der Waals surface area contributed by atoms with Gasteiger partial charge in [0.2, 0.25) is 0 Å². The van der Waals surface area contributed by atoms with Crippen LogP contribution in [0.1, 0.15) is 22.3 Å². The van der Waals surface area contributed by atoms with E-state index in [2.05, 4.69) is 10.8 Å². The molecule has 2 rings (SSSR count). The Morgan fingerprint density at radius 2 is 1.06 bits per heavy atom. The van der Waals surface area contributed by atoms with Crippen LogP contribution in [0.5, 0.6) is 0 Å². The van der Waals surface area contributed by atoms with Crippen LogP contribution in [-0.2, 0) is 32.3 Å². The minimum absolute atomic E-state index is 0.0115. The van der Waals surface area contributed by atoms with Gasteiger partial charge in [0.1, 0.15) is 0 Å². The van der Waals surface area contributed by atoms with Crippen molar-refractivity contribution < 1.29 is 65.3 Å². The minimum Gasteiger partial charge on any atom is -0.235 e. The molecule has 0 amide bonds. The number of halogens is 12. The smallest absolute Gasteiger partial charge is 0.235 e. The van der Waals surface area contributed by atoms with Gasteiger partial charge in [0, 0.05) is 5.56 Å². The zero-order valence-corrected chi connectivity index (χ0v) is 17.3. The summed E-state index contributed by atoms with van der Waals surface area (Å²) >= 11 is 0. The van der Waals surface area contributed by atoms with Crippen molar-refractivity contribution in [2.75, 3.05) is 0 Å². The van der Waals surface area contributed by atoms with Crippen molar-refractivity contribution in [1.29, 1.82) is 0 Å². The number of rotatable bonds is 5. The van der Waals surface area contributed by atoms with Gasteiger partial charge in [-0.2, -0.15) is 61.1 Å². The molecular formula is C19H10F12O3S. The minimum atomic E-state index is -6.61. The standard InChI is InChI=1S/C19H10F12O3S/c1-2-10-3-5-11(6-4-10)15(18(26,27)28,19(29,30)31)34-35(32,33)14-8-12(16(20,21)22)7-13(9-14)17(23,24)25/h2-9H,1H2. The Morgan fingerprint density at radius 3 is 1.37 bits per heavy atom. The van der Waals surface area contributed by atoms with Gasteiger partial charge in [0.15, 0.2) is 0 Å². The Morgan fingerprint density at radius 1 is 0.657 bits per heavy atom. The normalized spacial score (nSPS) is 14.2. The maximum Gasteiger partial charge on any atom is 0.432 e. The summed E-state index contributed by atoms with van der Waals surface area (Å²) in [6.45, 7) is 3.22. The lowest BCUT2D eigenvalue weighted by atomic mass is 9.91. The SMILES string of the molecule is C=Cc1ccc(C(OS(=O)(=O)c2cc(C(F)(F)F)cc(C(F)(F)F)c2)(C(F)(F)F)C(F)(F)F)cc1. The number of alkyl halides is 12. The molecule has 0 saturated carbocycles. The predicted molar refractivity (Wildman–Crippen MR) is 95.0 cm³/mol. The van der Waals surface area contributed by atoms with Crippen molar-refractivity contribution in [2.24, 2.45) is 0 Å². The zero-order chi connectivity index (χ0) is 27.3. The number of hydrogen-bond donors (Lipinski definition) is 0. The second-order valence-corrected chi connectivity index (χ2v) is 8.33. The predicted octanol–water partition coefficient (Wildman–Crippen LogP) is 7.09. The van der Waals surface area contributed by atoms with E-state index >= 15 is 0 Å². The first-order valence-electron chi connectivity index (χ1n) is 8.68. The van der Waals surface area contributed by atoms with Crippen LogP contribution >= 0.6 is 0 Å². The topological polar surface area (TPSA) is 43.4 Å². The van der Waals surface area contributed by atoms with Gasteiger partial charge in [-0.1, -0.05) is 36.9 Å². The molecule has 0 spiro atoms. The number of hydrogen-bond acceptors (Lipinski definition) is 3. The highest BCUT2D eigenvalue weighted by Gasteiger charge is 2.75. The molecule has 0 aromatic heterocycles. The third-order valence-electron chi connectivity index (χ3n) is 4.44. The summed E-state index contributed by atoms with van der Waals surface area (Å²) in [5.41, 5.74) is -12.2. The molecule has 0 heterocycles. The lowest BCUT2D eigenvalue weighted by Crippen LogP contribution is -2.56. The third-order valence-corrected chi connectivity index (χ3v) is 5.72. The van der Waals surface area contributed by atoms with Crippen LogP contribution in [0.4, 0.5) is 52.7 Å². The van der Waals surface area contributed by atoms with E-state index in [9.17, 15) is 61.1 Å². The molecule has 16 heteroatoms. The first-order chi connectivity index (χ1) is 15.6. The molecule has 0 bridgehead atoms. The molecule has 0 aliphatic carbocycles. The third kappa shape index (κ3) is 5.58. The van der Waals surface area contributed by atoms with Gasteiger partial charge in [0.25, 0.3) is 10.1 Å². The molecule has 2 aromatic rings. The molecule has 2 aromatic carbocycles. The van der Waals surface area contributed by atoms with E-state index in [1.54, 1.807) is 0 Å². The fourth-order valence-electron chi connectivity index (χ4n) is 2.77. The second kappa shape index (κ2) is 8.72. The van der Waals surface area contributed by atoms with E-state index in [0.717, 1.165) is 6.08 Å². The Balaban J connectivity index is 2.87. The first-order valence-corrected chi connectivity index (χ1v) is 10.1. The summed E-state index contributed by atoms with van der Waals surface area (Å²) in [6.07, 6.45) is -23.5. The largest absolute Gasteiger partial charge is 0.432 e. The van der Waals surface area contributed by atoms with Crippen molar-refractivity contribution in [3.8, 4) is 0 Å². The van der Waals surface area contributed by atoms with E-state index in [4.69, 9.17) is 0 Å². The van der Waals surface area contributed by atoms with E-state index in [1.807, 2.05) is 0 Å². The number of benzene rings is 2. The summed E-state index contributed by atoms with van der Waals surface area (Å²) < 4.78 is 189. The van der Waals surface area contributed by atoms with Crippen LogP contribution in [0.15, 0.2) is 53.9 Å². The molecule has 0 aliphatic heterocycles. The van der Waals surface area contributed by atoms with Crippen molar-refractivity contribution in [2.45, 2.75) is 35.2 Å². The van der Waals surface area contributed by atoms with E-state index in [0.29, 0.717) is 12.1 Å². The van der Waals surface area contributed by atoms with Gasteiger partial charge in [-0.3, -0.25) is 0 Å². The zero-order valence-electron chi connectivity index (χ0n) is 16.5. The summed E-state index contributed by atoms with van der Waals surface area (Å²) in [7, 11) is -6.57. The molecule has 194 valence electrons. The molecule has 0 saturated heterocycles. The van der Waals surface area contributed by atoms with Crippen LogP contribution in [0.2, 0.25) is 0 Å². The Kier molecular flexibility index (Phi) is 7.10. The van der Waals surface area contributed by atoms with E-state index < -0.39 is 80.2 Å². The van der Waals surface area contributed by atoms with E-state index in [-0.39, 0.29) is 17.7 Å². The summed E-state index contributed by atoms with van der Waals surface area (Å²) in [4.78, 5) is -2.24. The van der Waals surface area contributed by atoms with Crippen molar-refractivity contribution in [1.82, 2.24) is 0 Å². The Hall–Kier alpha value is -2.75. The quantitative estimate of drug-likeness (QED) is 0.297. The molecule has 0 atom stereocenters. The summed E-state index contributed by atoms with van der Waals surface area (Å²) in [5.74, 6) is 0. The van der Waals surface area contributed by atoms with Crippen molar-refractivity contribution in [3.05, 3.63) is 71.3 Å². The fourth-order valence-corrected chi connectivity index (χ4v) is 4.02. The summed E-state index contributed by atoms with van der Waals surface area (Å²) in [5, 5.41) is 0. The molecule has 0 aliphatic rings. The molecule has 0 radical (unpaired) electrons. The Labute approximate surface area is 188 Å². The Bertz CT molecular complexity index is 1140. The average Bonchev–Trinajstić information content (AvgIpc) is 2.68. The molecule has 0 unspecified atom stereocenters. The lowest BCUT2D eigenvalue weighted by Gasteiger charge is -2.36. The van der Waals surface area contributed by atoms with Crippen molar-refractivity contribution >= 4 is 16.2 Å². The van der Waals surface area contributed by atoms with Crippen LogP contribution in [0, 0.1) is 0 Å². The molecule has 35 heavy (non-hydrogen) atoms. The molecular weight excluding hydrogens is 536 g/mol. The van der Waals surface area contributed by atoms with E-state index in [1.165, 1.54) is 0 Å². The maximum atomic E-state index is 13.8. The highest BCUT2D eigenvalue weighted by Crippen LogP contribution is 2.54. The van der Waals surface area contributed by atoms with Gasteiger partial charge >= 0.3 is 30.3 Å². The summed E-state index contributed by atoms with van der Waals surface area (Å²) in [6, 6.07) is -0.0751. The monoisotopic (exact) mass is 546 g/mol. The second-order valence-electron chi connectivity index (χ2n) is 6.78. The van der Waals surface area contributed by atoms with Gasteiger partial charge in [-0.15, -0.1) is 0 Å². The van der Waals surface area contributed by atoms with Crippen LogP contribution < -0.4 is 0 Å². The highest BCUT2D eigenvalue weighted by molar-refractivity contribution is 7.86.